The SMILES string of the molecule is NCCOCCOCCNC(=O)CCCC(=O)ON. The van der Waals surface area contributed by atoms with Gasteiger partial charge in [0.2, 0.25) is 5.91 Å². The first-order chi connectivity index (χ1) is 9.20. The predicted octanol–water partition coefficient (Wildman–Crippen LogP) is -1.32. The number of nitrogens with one attached hydrogen (secondary N) is 1. The van der Waals surface area contributed by atoms with Gasteiger partial charge in [-0.2, -0.15) is 5.90 Å². The molecule has 0 heterocycles. The number of rotatable bonds is 12. The van der Waals surface area contributed by atoms with E-state index < -0.39 is 5.97 Å². The van der Waals surface area contributed by atoms with Crippen LogP contribution in [0.4, 0.5) is 0 Å². The van der Waals surface area contributed by atoms with Gasteiger partial charge in [-0.3, -0.25) is 9.59 Å². The Balaban J connectivity index is 3.22. The van der Waals surface area contributed by atoms with E-state index in [1.54, 1.807) is 0 Å². The lowest BCUT2D eigenvalue weighted by atomic mass is 10.2. The van der Waals surface area contributed by atoms with Gasteiger partial charge in [0.25, 0.3) is 0 Å². The van der Waals surface area contributed by atoms with Gasteiger partial charge >= 0.3 is 5.97 Å². The largest absolute Gasteiger partial charge is 0.378 e. The minimum atomic E-state index is -0.520. The molecule has 8 nitrogen and oxygen atoms in total. The maximum absolute atomic E-state index is 11.3. The van der Waals surface area contributed by atoms with E-state index in [0.717, 1.165) is 0 Å². The summed E-state index contributed by atoms with van der Waals surface area (Å²) in [6.07, 6.45) is 0.809. The van der Waals surface area contributed by atoms with Crippen LogP contribution in [0.3, 0.4) is 0 Å². The average Bonchev–Trinajstić information content (AvgIpc) is 2.41. The number of nitrogens with two attached hydrogens (primary N) is 2. The second-order valence-corrected chi connectivity index (χ2v) is 3.71. The zero-order valence-electron chi connectivity index (χ0n) is 11.1. The standard InChI is InChI=1S/C11H23N3O5/c12-4-6-17-8-9-18-7-5-14-10(15)2-1-3-11(16)19-13/h1-9,12-13H2,(H,14,15). The minimum Gasteiger partial charge on any atom is -0.378 e. The van der Waals surface area contributed by atoms with Crippen LogP contribution >= 0.6 is 0 Å². The molecule has 0 saturated heterocycles. The van der Waals surface area contributed by atoms with E-state index in [1.807, 2.05) is 0 Å². The van der Waals surface area contributed by atoms with Crippen LogP contribution in [0.5, 0.6) is 0 Å². The Morgan fingerprint density at radius 1 is 1.00 bits per heavy atom. The maximum Gasteiger partial charge on any atom is 0.324 e. The van der Waals surface area contributed by atoms with Crippen LogP contribution in [-0.2, 0) is 23.9 Å². The van der Waals surface area contributed by atoms with Crippen molar-refractivity contribution in [2.75, 3.05) is 39.5 Å². The van der Waals surface area contributed by atoms with Gasteiger partial charge in [0.15, 0.2) is 0 Å². The third kappa shape index (κ3) is 13.0. The molecule has 19 heavy (non-hydrogen) atoms. The maximum atomic E-state index is 11.3. The second-order valence-electron chi connectivity index (χ2n) is 3.71. The number of ether oxygens (including phenoxy) is 2. The highest BCUT2D eigenvalue weighted by atomic mass is 16.7. The first-order valence-corrected chi connectivity index (χ1v) is 6.22. The molecule has 0 aromatic rings. The fourth-order valence-electron chi connectivity index (χ4n) is 1.21. The molecule has 0 rings (SSSR count). The molecule has 0 aromatic carbocycles. The topological polar surface area (TPSA) is 126 Å². The Morgan fingerprint density at radius 3 is 2.32 bits per heavy atom. The van der Waals surface area contributed by atoms with Crippen molar-refractivity contribution in [2.24, 2.45) is 11.6 Å². The van der Waals surface area contributed by atoms with E-state index in [2.05, 4.69) is 16.1 Å². The van der Waals surface area contributed by atoms with Crippen molar-refractivity contribution in [2.45, 2.75) is 19.3 Å². The van der Waals surface area contributed by atoms with E-state index >= 15 is 0 Å². The van der Waals surface area contributed by atoms with E-state index in [1.165, 1.54) is 0 Å². The third-order valence-corrected chi connectivity index (χ3v) is 2.12. The van der Waals surface area contributed by atoms with Gasteiger partial charge in [0, 0.05) is 25.9 Å². The highest BCUT2D eigenvalue weighted by Crippen LogP contribution is 1.96. The number of amides is 1. The molecule has 0 fully saturated rings. The van der Waals surface area contributed by atoms with Crippen LogP contribution in [0.15, 0.2) is 0 Å². The minimum absolute atomic E-state index is 0.132. The summed E-state index contributed by atoms with van der Waals surface area (Å²) in [7, 11) is 0. The summed E-state index contributed by atoms with van der Waals surface area (Å²) in [4.78, 5) is 26.0. The van der Waals surface area contributed by atoms with Crippen LogP contribution in [0.25, 0.3) is 0 Å². The van der Waals surface area contributed by atoms with Crippen LogP contribution in [0.2, 0.25) is 0 Å². The smallest absolute Gasteiger partial charge is 0.324 e. The van der Waals surface area contributed by atoms with E-state index in [-0.39, 0.29) is 18.7 Å². The lowest BCUT2D eigenvalue weighted by molar-refractivity contribution is -0.144. The van der Waals surface area contributed by atoms with Crippen molar-refractivity contribution < 1.29 is 23.9 Å². The predicted molar refractivity (Wildman–Crippen MR) is 67.8 cm³/mol. The molecule has 0 aromatic heterocycles. The van der Waals surface area contributed by atoms with Gasteiger partial charge in [-0.15, -0.1) is 0 Å². The van der Waals surface area contributed by atoms with Gasteiger partial charge in [-0.05, 0) is 6.42 Å². The van der Waals surface area contributed by atoms with E-state index in [9.17, 15) is 9.59 Å². The van der Waals surface area contributed by atoms with Crippen molar-refractivity contribution >= 4 is 11.9 Å². The Bertz CT molecular complexity index is 250. The Morgan fingerprint density at radius 2 is 1.68 bits per heavy atom. The molecular formula is C11H23N3O5. The fraction of sp³-hybridized carbons (Fsp3) is 0.818. The normalized spacial score (nSPS) is 10.2. The van der Waals surface area contributed by atoms with Crippen molar-refractivity contribution in [3.8, 4) is 0 Å². The molecule has 0 atom stereocenters. The Hall–Kier alpha value is -1.22. The second kappa shape index (κ2) is 13.2. The zero-order chi connectivity index (χ0) is 14.3. The third-order valence-electron chi connectivity index (χ3n) is 2.12. The molecule has 8 heteroatoms. The Kier molecular flexibility index (Phi) is 12.4. The summed E-state index contributed by atoms with van der Waals surface area (Å²) in [5.74, 6) is 4.01. The lowest BCUT2D eigenvalue weighted by Gasteiger charge is -2.06. The molecule has 0 saturated carbocycles. The molecule has 0 aliphatic rings. The molecule has 0 aliphatic carbocycles. The summed E-state index contributed by atoms with van der Waals surface area (Å²) in [5, 5.41) is 2.67. The summed E-state index contributed by atoms with van der Waals surface area (Å²) < 4.78 is 10.3. The monoisotopic (exact) mass is 277 g/mol. The summed E-state index contributed by atoms with van der Waals surface area (Å²) in [5.41, 5.74) is 5.24. The molecule has 0 spiro atoms. The highest BCUT2D eigenvalue weighted by molar-refractivity contribution is 5.76. The number of hydrogen-bond acceptors (Lipinski definition) is 7. The van der Waals surface area contributed by atoms with Crippen molar-refractivity contribution in [3.05, 3.63) is 0 Å². The van der Waals surface area contributed by atoms with Crippen molar-refractivity contribution in [3.63, 3.8) is 0 Å². The molecule has 5 N–H and O–H groups in total. The Labute approximate surface area is 112 Å². The molecular weight excluding hydrogens is 254 g/mol. The lowest BCUT2D eigenvalue weighted by Crippen LogP contribution is -2.27. The van der Waals surface area contributed by atoms with Crippen LogP contribution in [-0.4, -0.2) is 51.4 Å². The summed E-state index contributed by atoms with van der Waals surface area (Å²) >= 11 is 0. The quantitative estimate of drug-likeness (QED) is 0.298. The van der Waals surface area contributed by atoms with Gasteiger partial charge in [0.1, 0.15) is 0 Å². The van der Waals surface area contributed by atoms with Crippen LogP contribution in [0, 0.1) is 0 Å². The number of hydrogen-bond donors (Lipinski definition) is 3. The van der Waals surface area contributed by atoms with Gasteiger partial charge in [-0.25, -0.2) is 0 Å². The van der Waals surface area contributed by atoms with Gasteiger partial charge in [-0.1, -0.05) is 0 Å². The number of carbonyl (C=O) groups is 2. The molecule has 1 amide bonds. The van der Waals surface area contributed by atoms with Gasteiger partial charge in [0.05, 0.1) is 26.4 Å². The first-order valence-electron chi connectivity index (χ1n) is 6.22. The van der Waals surface area contributed by atoms with Gasteiger partial charge < -0.3 is 25.4 Å². The van der Waals surface area contributed by atoms with E-state index in [0.29, 0.717) is 45.9 Å². The highest BCUT2D eigenvalue weighted by Gasteiger charge is 2.04. The molecule has 0 bridgehead atoms. The fourth-order valence-corrected chi connectivity index (χ4v) is 1.21. The number of carbonyl (C=O) groups excluding carboxylic acids is 2. The zero-order valence-corrected chi connectivity index (χ0v) is 11.1. The molecule has 0 unspecified atom stereocenters. The van der Waals surface area contributed by atoms with Crippen LogP contribution in [0.1, 0.15) is 19.3 Å². The van der Waals surface area contributed by atoms with Crippen LogP contribution < -0.4 is 16.9 Å². The van der Waals surface area contributed by atoms with E-state index in [4.69, 9.17) is 15.2 Å². The average molecular weight is 277 g/mol. The summed E-state index contributed by atoms with van der Waals surface area (Å²) in [6.45, 7) is 2.82. The molecule has 0 aliphatic heterocycles. The van der Waals surface area contributed by atoms with Crippen molar-refractivity contribution in [1.29, 1.82) is 0 Å². The van der Waals surface area contributed by atoms with Crippen molar-refractivity contribution in [1.82, 2.24) is 5.32 Å². The molecule has 0 radical (unpaired) electrons. The summed E-state index contributed by atoms with van der Waals surface area (Å²) in [6, 6.07) is 0. The first kappa shape index (κ1) is 17.8. The molecule has 112 valence electrons.